The first-order chi connectivity index (χ1) is 16.1. The highest BCUT2D eigenvalue weighted by Crippen LogP contribution is 2.18. The van der Waals surface area contributed by atoms with Crippen molar-refractivity contribution in [1.82, 2.24) is 9.80 Å². The second kappa shape index (κ2) is 10.9. The molecule has 2 heterocycles. The maximum Gasteiger partial charge on any atom is 0.257 e. The second-order valence-electron chi connectivity index (χ2n) is 8.12. The average Bonchev–Trinajstić information content (AvgIpc) is 3.53. The van der Waals surface area contributed by atoms with Crippen LogP contribution in [0.5, 0.6) is 0 Å². The van der Waals surface area contributed by atoms with Crippen LogP contribution in [-0.2, 0) is 22.6 Å². The Hall–Kier alpha value is -3.45. The number of halogens is 1. The highest BCUT2D eigenvalue weighted by molar-refractivity contribution is 5.96. The van der Waals surface area contributed by atoms with Crippen molar-refractivity contribution in [2.75, 3.05) is 19.7 Å². The van der Waals surface area contributed by atoms with Crippen LogP contribution in [0.25, 0.3) is 0 Å². The van der Waals surface area contributed by atoms with E-state index in [0.29, 0.717) is 18.9 Å². The van der Waals surface area contributed by atoms with Crippen LogP contribution in [0.1, 0.15) is 34.5 Å². The molecule has 1 aromatic heterocycles. The molecule has 172 valence electrons. The van der Waals surface area contributed by atoms with Crippen LogP contribution in [0.3, 0.4) is 0 Å². The summed E-state index contributed by atoms with van der Waals surface area (Å²) in [7, 11) is 0. The van der Waals surface area contributed by atoms with Crippen molar-refractivity contribution in [1.29, 1.82) is 0 Å². The van der Waals surface area contributed by atoms with Crippen molar-refractivity contribution in [3.63, 3.8) is 0 Å². The summed E-state index contributed by atoms with van der Waals surface area (Å²) in [4.78, 5) is 29.7. The summed E-state index contributed by atoms with van der Waals surface area (Å²) in [5.74, 6) is -0.734. The molecule has 1 saturated heterocycles. The summed E-state index contributed by atoms with van der Waals surface area (Å²) in [5, 5.41) is 0. The van der Waals surface area contributed by atoms with Crippen LogP contribution in [-0.4, -0.2) is 47.4 Å². The highest BCUT2D eigenvalue weighted by atomic mass is 19.1. The molecule has 0 spiro atoms. The van der Waals surface area contributed by atoms with Crippen molar-refractivity contribution < 1.29 is 23.1 Å². The van der Waals surface area contributed by atoms with Crippen molar-refractivity contribution in [2.45, 2.75) is 32.0 Å². The van der Waals surface area contributed by atoms with Gasteiger partial charge in [0, 0.05) is 19.7 Å². The molecule has 0 N–H and O–H groups in total. The van der Waals surface area contributed by atoms with Gasteiger partial charge < -0.3 is 19.0 Å². The molecule has 1 aliphatic heterocycles. The lowest BCUT2D eigenvalue weighted by Gasteiger charge is -2.29. The zero-order valence-electron chi connectivity index (χ0n) is 18.4. The number of hydrogen-bond donors (Lipinski definition) is 0. The number of ether oxygens (including phenoxy) is 1. The molecular formula is C26H27FN2O4. The Morgan fingerprint density at radius 1 is 0.939 bits per heavy atom. The topological polar surface area (TPSA) is 63.0 Å². The number of nitrogens with zero attached hydrogens (tertiary/aromatic N) is 2. The van der Waals surface area contributed by atoms with E-state index in [1.54, 1.807) is 29.4 Å². The van der Waals surface area contributed by atoms with E-state index in [9.17, 15) is 14.0 Å². The van der Waals surface area contributed by atoms with Crippen LogP contribution >= 0.6 is 0 Å². The molecule has 2 aromatic carbocycles. The van der Waals surface area contributed by atoms with E-state index in [0.717, 1.165) is 18.4 Å². The van der Waals surface area contributed by atoms with Gasteiger partial charge in [0.1, 0.15) is 18.1 Å². The number of carbonyl (C=O) groups excluding carboxylic acids is 2. The van der Waals surface area contributed by atoms with E-state index < -0.39 is 11.7 Å². The quantitative estimate of drug-likeness (QED) is 0.489. The Balaban J connectivity index is 1.55. The van der Waals surface area contributed by atoms with E-state index in [2.05, 4.69) is 0 Å². The zero-order valence-corrected chi connectivity index (χ0v) is 18.4. The fraction of sp³-hybridized carbons (Fsp3) is 0.308. The molecule has 7 heteroatoms. The molecule has 1 fully saturated rings. The first-order valence-electron chi connectivity index (χ1n) is 11.1. The molecule has 2 amide bonds. The SMILES string of the molecule is O=C(CN(CC1CCCO1)C(=O)c1ccccc1F)N(Cc1ccccc1)Cc1ccco1. The molecule has 1 unspecified atom stereocenters. The molecule has 1 atom stereocenters. The fourth-order valence-corrected chi connectivity index (χ4v) is 3.95. The average molecular weight is 451 g/mol. The van der Waals surface area contributed by atoms with Gasteiger partial charge in [-0.05, 0) is 42.7 Å². The Bertz CT molecular complexity index is 1050. The number of furan rings is 1. The minimum absolute atomic E-state index is 0.0519. The molecule has 1 aliphatic rings. The molecule has 3 aromatic rings. The molecule has 6 nitrogen and oxygen atoms in total. The summed E-state index contributed by atoms with van der Waals surface area (Å²) in [6.07, 6.45) is 3.10. The molecule has 0 bridgehead atoms. The third-order valence-electron chi connectivity index (χ3n) is 5.66. The van der Waals surface area contributed by atoms with Crippen molar-refractivity contribution in [3.8, 4) is 0 Å². The largest absolute Gasteiger partial charge is 0.467 e. The predicted octanol–water partition coefficient (Wildman–Crippen LogP) is 4.27. The standard InChI is InChI=1S/C26H27FN2O4/c27-24-13-5-4-12-23(24)26(31)29(18-22-11-7-15-33-22)19-25(30)28(17-21-10-6-14-32-21)16-20-8-2-1-3-9-20/h1-6,8-10,12-14,22H,7,11,15-19H2. The Morgan fingerprint density at radius 2 is 1.73 bits per heavy atom. The van der Waals surface area contributed by atoms with Gasteiger partial charge in [0.15, 0.2) is 0 Å². The van der Waals surface area contributed by atoms with Gasteiger partial charge in [-0.15, -0.1) is 0 Å². The second-order valence-corrected chi connectivity index (χ2v) is 8.12. The Kier molecular flexibility index (Phi) is 7.52. The van der Waals surface area contributed by atoms with E-state index >= 15 is 0 Å². The zero-order chi connectivity index (χ0) is 23.0. The maximum atomic E-state index is 14.4. The lowest BCUT2D eigenvalue weighted by molar-refractivity contribution is -0.133. The third kappa shape index (κ3) is 6.08. The van der Waals surface area contributed by atoms with Crippen molar-refractivity contribution in [2.24, 2.45) is 0 Å². The fourth-order valence-electron chi connectivity index (χ4n) is 3.95. The maximum absolute atomic E-state index is 14.4. The van der Waals surface area contributed by atoms with Gasteiger partial charge in [-0.3, -0.25) is 9.59 Å². The summed E-state index contributed by atoms with van der Waals surface area (Å²) < 4.78 is 25.5. The molecule has 0 radical (unpaired) electrons. The van der Waals surface area contributed by atoms with Crippen LogP contribution in [0, 0.1) is 5.82 Å². The van der Waals surface area contributed by atoms with E-state index in [-0.39, 0.29) is 37.2 Å². The van der Waals surface area contributed by atoms with Gasteiger partial charge >= 0.3 is 0 Å². The van der Waals surface area contributed by atoms with E-state index in [1.807, 2.05) is 30.3 Å². The number of benzene rings is 2. The van der Waals surface area contributed by atoms with Gasteiger partial charge in [0.25, 0.3) is 5.91 Å². The van der Waals surface area contributed by atoms with Gasteiger partial charge in [0.05, 0.1) is 24.5 Å². The lowest BCUT2D eigenvalue weighted by atomic mass is 10.1. The molecule has 33 heavy (non-hydrogen) atoms. The number of carbonyl (C=O) groups is 2. The lowest BCUT2D eigenvalue weighted by Crippen LogP contribution is -2.45. The minimum Gasteiger partial charge on any atom is -0.467 e. The third-order valence-corrected chi connectivity index (χ3v) is 5.66. The van der Waals surface area contributed by atoms with Crippen LogP contribution in [0.2, 0.25) is 0 Å². The number of hydrogen-bond acceptors (Lipinski definition) is 4. The predicted molar refractivity (Wildman–Crippen MR) is 121 cm³/mol. The van der Waals surface area contributed by atoms with E-state index in [4.69, 9.17) is 9.15 Å². The Labute approximate surface area is 192 Å². The van der Waals surface area contributed by atoms with Gasteiger partial charge in [-0.2, -0.15) is 0 Å². The summed E-state index contributed by atoms with van der Waals surface area (Å²) >= 11 is 0. The molecule has 4 rings (SSSR count). The molecular weight excluding hydrogens is 423 g/mol. The first-order valence-corrected chi connectivity index (χ1v) is 11.1. The van der Waals surface area contributed by atoms with Crippen LogP contribution < -0.4 is 0 Å². The first kappa shape index (κ1) is 22.7. The van der Waals surface area contributed by atoms with Crippen LogP contribution in [0.4, 0.5) is 4.39 Å². The Morgan fingerprint density at radius 3 is 2.42 bits per heavy atom. The molecule has 0 saturated carbocycles. The van der Waals surface area contributed by atoms with E-state index in [1.165, 1.54) is 23.1 Å². The summed E-state index contributed by atoms with van der Waals surface area (Å²) in [6, 6.07) is 19.0. The smallest absolute Gasteiger partial charge is 0.257 e. The van der Waals surface area contributed by atoms with Gasteiger partial charge in [-0.1, -0.05) is 42.5 Å². The monoisotopic (exact) mass is 450 g/mol. The van der Waals surface area contributed by atoms with Gasteiger partial charge in [0.2, 0.25) is 5.91 Å². The number of rotatable bonds is 9. The summed E-state index contributed by atoms with van der Waals surface area (Å²) in [5.41, 5.74) is 0.910. The van der Waals surface area contributed by atoms with Crippen molar-refractivity contribution >= 4 is 11.8 Å². The highest BCUT2D eigenvalue weighted by Gasteiger charge is 2.28. The summed E-state index contributed by atoms with van der Waals surface area (Å²) in [6.45, 7) is 1.31. The minimum atomic E-state index is -0.607. The molecule has 0 aliphatic carbocycles. The van der Waals surface area contributed by atoms with Crippen LogP contribution in [0.15, 0.2) is 77.4 Å². The van der Waals surface area contributed by atoms with Gasteiger partial charge in [-0.25, -0.2) is 4.39 Å². The normalized spacial score (nSPS) is 15.4. The number of amides is 2. The van der Waals surface area contributed by atoms with Crippen molar-refractivity contribution in [3.05, 3.63) is 95.7 Å².